The first-order valence-electron chi connectivity index (χ1n) is 8.90. The molecule has 0 unspecified atom stereocenters. The van der Waals surface area contributed by atoms with Crippen molar-refractivity contribution in [3.8, 4) is 5.75 Å². The van der Waals surface area contributed by atoms with Crippen LogP contribution in [0, 0.1) is 6.92 Å². The number of aromatic nitrogens is 1. The maximum absolute atomic E-state index is 10.6. The number of halogens is 2. The number of nitrogens with zero attached hydrogens (tertiary/aromatic N) is 1. The summed E-state index contributed by atoms with van der Waals surface area (Å²) in [7, 11) is 0. The summed E-state index contributed by atoms with van der Waals surface area (Å²) in [6.45, 7) is 2.40. The molecule has 0 spiro atoms. The number of unbranched alkanes of at least 4 members (excludes halogenated alkanes) is 1. The van der Waals surface area contributed by atoms with E-state index in [9.17, 15) is 4.79 Å². The number of ether oxygens (including phenoxy) is 1. The summed E-state index contributed by atoms with van der Waals surface area (Å²) >= 11 is 12.1. The van der Waals surface area contributed by atoms with Crippen LogP contribution in [-0.2, 0) is 4.79 Å². The number of benzene rings is 2. The molecule has 2 aromatic carbocycles. The van der Waals surface area contributed by atoms with Gasteiger partial charge in [0.1, 0.15) is 5.75 Å². The molecule has 7 heteroatoms. The van der Waals surface area contributed by atoms with E-state index in [1.807, 2.05) is 37.3 Å². The minimum atomic E-state index is -0.787. The molecular formula is C21H20Cl2N2O3. The molecule has 0 atom stereocenters. The van der Waals surface area contributed by atoms with E-state index in [0.29, 0.717) is 35.2 Å². The molecule has 0 radical (unpaired) electrons. The summed E-state index contributed by atoms with van der Waals surface area (Å²) in [5, 5.41) is 13.9. The van der Waals surface area contributed by atoms with E-state index < -0.39 is 5.97 Å². The lowest BCUT2D eigenvalue weighted by Crippen LogP contribution is -2.01. The SMILES string of the molecule is Cc1cc(Nc2ccc(Cl)c(Cl)c2)c2cc(OCCCCC(=O)O)ccc2n1. The van der Waals surface area contributed by atoms with Gasteiger partial charge in [-0.15, -0.1) is 0 Å². The van der Waals surface area contributed by atoms with Crippen molar-refractivity contribution < 1.29 is 14.6 Å². The number of fused-ring (bicyclic) bond motifs is 1. The van der Waals surface area contributed by atoms with Gasteiger partial charge >= 0.3 is 5.97 Å². The van der Waals surface area contributed by atoms with Gasteiger partial charge in [0, 0.05) is 28.9 Å². The highest BCUT2D eigenvalue weighted by molar-refractivity contribution is 6.42. The first-order chi connectivity index (χ1) is 13.4. The smallest absolute Gasteiger partial charge is 0.303 e. The van der Waals surface area contributed by atoms with Gasteiger partial charge in [-0.3, -0.25) is 9.78 Å². The van der Waals surface area contributed by atoms with E-state index in [2.05, 4.69) is 10.3 Å². The Balaban J connectivity index is 1.80. The van der Waals surface area contributed by atoms with Crippen LogP contribution >= 0.6 is 23.2 Å². The lowest BCUT2D eigenvalue weighted by molar-refractivity contribution is -0.137. The Morgan fingerprint density at radius 1 is 1.11 bits per heavy atom. The van der Waals surface area contributed by atoms with Crippen LogP contribution in [0.1, 0.15) is 25.0 Å². The summed E-state index contributed by atoms with van der Waals surface area (Å²) in [6.07, 6.45) is 1.43. The normalized spacial score (nSPS) is 10.8. The first kappa shape index (κ1) is 20.2. The van der Waals surface area contributed by atoms with Crippen molar-refractivity contribution in [2.45, 2.75) is 26.2 Å². The van der Waals surface area contributed by atoms with Gasteiger partial charge < -0.3 is 15.2 Å². The number of carboxylic acids is 1. The van der Waals surface area contributed by atoms with Crippen LogP contribution in [0.4, 0.5) is 11.4 Å². The fourth-order valence-electron chi connectivity index (χ4n) is 2.83. The monoisotopic (exact) mass is 418 g/mol. The maximum Gasteiger partial charge on any atom is 0.303 e. The molecule has 0 fully saturated rings. The molecule has 1 aromatic heterocycles. The quantitative estimate of drug-likeness (QED) is 0.424. The van der Waals surface area contributed by atoms with Crippen LogP contribution in [0.25, 0.3) is 10.9 Å². The highest BCUT2D eigenvalue weighted by Crippen LogP contribution is 2.32. The van der Waals surface area contributed by atoms with Crippen LogP contribution in [0.2, 0.25) is 10.0 Å². The predicted molar refractivity (Wildman–Crippen MR) is 113 cm³/mol. The van der Waals surface area contributed by atoms with E-state index in [1.54, 1.807) is 12.1 Å². The topological polar surface area (TPSA) is 71.5 Å². The molecule has 28 heavy (non-hydrogen) atoms. The summed E-state index contributed by atoms with van der Waals surface area (Å²) in [6, 6.07) is 13.0. The molecule has 0 bridgehead atoms. The maximum atomic E-state index is 10.6. The number of hydrogen-bond donors (Lipinski definition) is 2. The summed E-state index contributed by atoms with van der Waals surface area (Å²) in [5.41, 5.74) is 3.44. The zero-order valence-electron chi connectivity index (χ0n) is 15.3. The van der Waals surface area contributed by atoms with Crippen LogP contribution < -0.4 is 10.1 Å². The highest BCUT2D eigenvalue weighted by Gasteiger charge is 2.08. The first-order valence-corrected chi connectivity index (χ1v) is 9.66. The molecule has 0 aliphatic heterocycles. The second-order valence-corrected chi connectivity index (χ2v) is 7.26. The Hall–Kier alpha value is -2.50. The predicted octanol–water partition coefficient (Wildman–Crippen LogP) is 6.23. The third kappa shape index (κ3) is 5.27. The van der Waals surface area contributed by atoms with Crippen molar-refractivity contribution in [3.05, 3.63) is 58.2 Å². The molecule has 3 aromatic rings. The average Bonchev–Trinajstić information content (AvgIpc) is 2.64. The van der Waals surface area contributed by atoms with Crippen molar-refractivity contribution in [2.24, 2.45) is 0 Å². The molecule has 0 amide bonds. The highest BCUT2D eigenvalue weighted by atomic mass is 35.5. The van der Waals surface area contributed by atoms with Crippen LogP contribution in [0.5, 0.6) is 5.75 Å². The van der Waals surface area contributed by atoms with Gasteiger partial charge in [-0.25, -0.2) is 0 Å². The van der Waals surface area contributed by atoms with Gasteiger partial charge in [-0.05, 0) is 62.2 Å². The van der Waals surface area contributed by atoms with Gasteiger partial charge in [0.2, 0.25) is 0 Å². The molecule has 146 valence electrons. The second kappa shape index (κ2) is 9.13. The molecule has 0 aliphatic rings. The van der Waals surface area contributed by atoms with Gasteiger partial charge in [0.25, 0.3) is 0 Å². The number of nitrogens with one attached hydrogen (secondary N) is 1. The number of hydrogen-bond acceptors (Lipinski definition) is 4. The van der Waals surface area contributed by atoms with Crippen molar-refractivity contribution in [1.29, 1.82) is 0 Å². The van der Waals surface area contributed by atoms with Crippen molar-refractivity contribution >= 4 is 51.4 Å². The number of anilines is 2. The van der Waals surface area contributed by atoms with E-state index in [-0.39, 0.29) is 6.42 Å². The largest absolute Gasteiger partial charge is 0.494 e. The molecule has 0 aliphatic carbocycles. The molecule has 2 N–H and O–H groups in total. The molecule has 1 heterocycles. The number of aliphatic carboxylic acids is 1. The fraction of sp³-hybridized carbons (Fsp3) is 0.238. The second-order valence-electron chi connectivity index (χ2n) is 6.44. The van der Waals surface area contributed by atoms with Gasteiger partial charge in [0.05, 0.1) is 22.2 Å². The Bertz CT molecular complexity index is 1010. The van der Waals surface area contributed by atoms with Gasteiger partial charge in [-0.1, -0.05) is 23.2 Å². The van der Waals surface area contributed by atoms with Gasteiger partial charge in [0.15, 0.2) is 0 Å². The summed E-state index contributed by atoms with van der Waals surface area (Å²) in [5.74, 6) is -0.0733. The van der Waals surface area contributed by atoms with Crippen molar-refractivity contribution in [3.63, 3.8) is 0 Å². The molecule has 0 saturated carbocycles. The van der Waals surface area contributed by atoms with E-state index >= 15 is 0 Å². The molecular weight excluding hydrogens is 399 g/mol. The Morgan fingerprint density at radius 2 is 1.93 bits per heavy atom. The fourth-order valence-corrected chi connectivity index (χ4v) is 3.13. The minimum Gasteiger partial charge on any atom is -0.494 e. The van der Waals surface area contributed by atoms with E-state index in [4.69, 9.17) is 33.0 Å². The average molecular weight is 419 g/mol. The number of rotatable bonds is 8. The lowest BCUT2D eigenvalue weighted by Gasteiger charge is -2.13. The molecule has 3 rings (SSSR count). The van der Waals surface area contributed by atoms with Crippen LogP contribution in [0.3, 0.4) is 0 Å². The third-order valence-corrected chi connectivity index (χ3v) is 4.90. The van der Waals surface area contributed by atoms with Crippen LogP contribution in [0.15, 0.2) is 42.5 Å². The molecule has 5 nitrogen and oxygen atoms in total. The number of carbonyl (C=O) groups is 1. The van der Waals surface area contributed by atoms with Crippen molar-refractivity contribution in [1.82, 2.24) is 4.98 Å². The van der Waals surface area contributed by atoms with Crippen molar-refractivity contribution in [2.75, 3.05) is 11.9 Å². The number of aryl methyl sites for hydroxylation is 1. The summed E-state index contributed by atoms with van der Waals surface area (Å²) in [4.78, 5) is 15.1. The minimum absolute atomic E-state index is 0.155. The standard InChI is InChI=1S/C21H20Cl2N2O3/c1-13-10-20(25-14-5-7-17(22)18(23)11-14)16-12-15(6-8-19(16)24-13)28-9-3-2-4-21(26)27/h5-8,10-12H,2-4,9H2,1H3,(H,24,25)(H,26,27). The number of carboxylic acid groups (broad SMARTS) is 1. The number of pyridine rings is 1. The summed E-state index contributed by atoms with van der Waals surface area (Å²) < 4.78 is 5.78. The zero-order chi connectivity index (χ0) is 20.1. The lowest BCUT2D eigenvalue weighted by atomic mass is 10.1. The van der Waals surface area contributed by atoms with E-state index in [0.717, 1.165) is 28.0 Å². The third-order valence-electron chi connectivity index (χ3n) is 4.16. The Morgan fingerprint density at radius 3 is 2.68 bits per heavy atom. The Kier molecular flexibility index (Phi) is 6.60. The Labute approximate surface area is 173 Å². The van der Waals surface area contributed by atoms with E-state index in [1.165, 1.54) is 0 Å². The van der Waals surface area contributed by atoms with Crippen LogP contribution in [-0.4, -0.2) is 22.7 Å². The van der Waals surface area contributed by atoms with Gasteiger partial charge in [-0.2, -0.15) is 0 Å². The molecule has 0 saturated heterocycles. The zero-order valence-corrected chi connectivity index (χ0v) is 16.8.